The Morgan fingerprint density at radius 1 is 1.40 bits per heavy atom. The number of aromatic nitrogens is 1. The summed E-state index contributed by atoms with van der Waals surface area (Å²) >= 11 is 5.75. The minimum absolute atomic E-state index is 0.136. The summed E-state index contributed by atoms with van der Waals surface area (Å²) in [6, 6.07) is 1.86. The fourth-order valence-electron chi connectivity index (χ4n) is 1.40. The van der Waals surface area contributed by atoms with Gasteiger partial charge in [-0.05, 0) is 39.8 Å². The summed E-state index contributed by atoms with van der Waals surface area (Å²) in [6.07, 6.45) is 1.39. The van der Waals surface area contributed by atoms with E-state index >= 15 is 0 Å². The van der Waals surface area contributed by atoms with Crippen LogP contribution >= 0.6 is 11.6 Å². The van der Waals surface area contributed by atoms with E-state index in [1.165, 1.54) is 25.3 Å². The van der Waals surface area contributed by atoms with E-state index in [0.29, 0.717) is 0 Å². The SMILES string of the molecule is CC(NS(=O)(=O)c1cccnc1Cl)C(=O)NC(C)(C)C. The predicted molar refractivity (Wildman–Crippen MR) is 76.9 cm³/mol. The second-order valence-electron chi connectivity index (χ2n) is 5.37. The molecule has 0 aliphatic heterocycles. The summed E-state index contributed by atoms with van der Waals surface area (Å²) in [6.45, 7) is 6.89. The minimum atomic E-state index is -3.90. The van der Waals surface area contributed by atoms with E-state index in [1.54, 1.807) is 0 Å². The summed E-state index contributed by atoms with van der Waals surface area (Å²) < 4.78 is 26.5. The monoisotopic (exact) mass is 319 g/mol. The highest BCUT2D eigenvalue weighted by Gasteiger charge is 2.26. The molecule has 1 unspecified atom stereocenters. The fourth-order valence-corrected chi connectivity index (χ4v) is 3.05. The molecule has 0 saturated carbocycles. The topological polar surface area (TPSA) is 88.2 Å². The molecule has 8 heteroatoms. The van der Waals surface area contributed by atoms with Gasteiger partial charge in [0.25, 0.3) is 0 Å². The van der Waals surface area contributed by atoms with Crippen LogP contribution in [0.4, 0.5) is 0 Å². The number of sulfonamides is 1. The van der Waals surface area contributed by atoms with E-state index in [1.807, 2.05) is 20.8 Å². The van der Waals surface area contributed by atoms with Gasteiger partial charge in [-0.15, -0.1) is 0 Å². The van der Waals surface area contributed by atoms with E-state index in [9.17, 15) is 13.2 Å². The van der Waals surface area contributed by atoms with Crippen LogP contribution in [0.2, 0.25) is 5.15 Å². The van der Waals surface area contributed by atoms with Crippen LogP contribution in [0.3, 0.4) is 0 Å². The first-order valence-electron chi connectivity index (χ1n) is 5.98. The van der Waals surface area contributed by atoms with Crippen molar-refractivity contribution >= 4 is 27.5 Å². The first-order valence-corrected chi connectivity index (χ1v) is 7.84. The Bertz CT molecular complexity index is 596. The van der Waals surface area contributed by atoms with Crippen molar-refractivity contribution in [3.8, 4) is 0 Å². The maximum Gasteiger partial charge on any atom is 0.244 e. The Kier molecular flexibility index (Phi) is 5.12. The lowest BCUT2D eigenvalue weighted by molar-refractivity contribution is -0.123. The van der Waals surface area contributed by atoms with Crippen molar-refractivity contribution in [3.05, 3.63) is 23.5 Å². The van der Waals surface area contributed by atoms with E-state index in [4.69, 9.17) is 11.6 Å². The van der Waals surface area contributed by atoms with Gasteiger partial charge < -0.3 is 5.32 Å². The molecule has 0 aromatic carbocycles. The standard InChI is InChI=1S/C12H18ClN3O3S/c1-8(11(17)15-12(2,3)4)16-20(18,19)9-6-5-7-14-10(9)13/h5-8,16H,1-4H3,(H,15,17). The van der Waals surface area contributed by atoms with E-state index in [-0.39, 0.29) is 10.0 Å². The maximum absolute atomic E-state index is 12.1. The average molecular weight is 320 g/mol. The zero-order chi connectivity index (χ0) is 15.6. The molecule has 0 fully saturated rings. The molecule has 0 spiro atoms. The third kappa shape index (κ3) is 4.73. The number of hydrogen-bond donors (Lipinski definition) is 2. The third-order valence-corrected chi connectivity index (χ3v) is 4.22. The lowest BCUT2D eigenvalue weighted by Gasteiger charge is -2.23. The van der Waals surface area contributed by atoms with E-state index in [0.717, 1.165) is 0 Å². The molecular weight excluding hydrogens is 302 g/mol. The predicted octanol–water partition coefficient (Wildman–Crippen LogP) is 1.32. The van der Waals surface area contributed by atoms with Gasteiger partial charge in [0, 0.05) is 11.7 Å². The highest BCUT2D eigenvalue weighted by atomic mass is 35.5. The lowest BCUT2D eigenvalue weighted by Crippen LogP contribution is -2.50. The van der Waals surface area contributed by atoms with Crippen molar-refractivity contribution in [1.29, 1.82) is 0 Å². The highest BCUT2D eigenvalue weighted by molar-refractivity contribution is 7.89. The summed E-state index contributed by atoms with van der Waals surface area (Å²) in [4.78, 5) is 15.4. The Labute approximate surface area is 124 Å². The number of amides is 1. The third-order valence-electron chi connectivity index (χ3n) is 2.24. The van der Waals surface area contributed by atoms with Crippen LogP contribution in [0.25, 0.3) is 0 Å². The van der Waals surface area contributed by atoms with Crippen LogP contribution in [0.15, 0.2) is 23.2 Å². The highest BCUT2D eigenvalue weighted by Crippen LogP contribution is 2.17. The number of nitrogens with zero attached hydrogens (tertiary/aromatic N) is 1. The van der Waals surface area contributed by atoms with Gasteiger partial charge in [0.1, 0.15) is 10.0 Å². The Morgan fingerprint density at radius 2 is 2.00 bits per heavy atom. The number of rotatable bonds is 4. The van der Waals surface area contributed by atoms with Gasteiger partial charge in [0.2, 0.25) is 15.9 Å². The Hall–Kier alpha value is -1.18. The van der Waals surface area contributed by atoms with Crippen molar-refractivity contribution in [2.24, 2.45) is 0 Å². The van der Waals surface area contributed by atoms with Crippen LogP contribution in [0, 0.1) is 0 Å². The molecule has 1 heterocycles. The molecule has 112 valence electrons. The zero-order valence-electron chi connectivity index (χ0n) is 11.8. The second-order valence-corrected chi connectivity index (χ2v) is 7.41. The Balaban J connectivity index is 2.87. The van der Waals surface area contributed by atoms with Crippen molar-refractivity contribution < 1.29 is 13.2 Å². The van der Waals surface area contributed by atoms with Crippen LogP contribution in [-0.4, -0.2) is 30.9 Å². The maximum atomic E-state index is 12.1. The number of nitrogens with one attached hydrogen (secondary N) is 2. The first-order chi connectivity index (χ1) is 9.03. The summed E-state index contributed by atoms with van der Waals surface area (Å²) in [7, 11) is -3.90. The van der Waals surface area contributed by atoms with Gasteiger partial charge in [-0.3, -0.25) is 4.79 Å². The largest absolute Gasteiger partial charge is 0.350 e. The summed E-state index contributed by atoms with van der Waals surface area (Å²) in [5.41, 5.74) is -0.442. The van der Waals surface area contributed by atoms with Crippen molar-refractivity contribution in [2.75, 3.05) is 0 Å². The zero-order valence-corrected chi connectivity index (χ0v) is 13.3. The van der Waals surface area contributed by atoms with Crippen LogP contribution in [0.1, 0.15) is 27.7 Å². The molecule has 0 aliphatic carbocycles. The molecule has 0 radical (unpaired) electrons. The number of carbonyl (C=O) groups excluding carboxylic acids is 1. The number of halogens is 1. The molecule has 1 rings (SSSR count). The quantitative estimate of drug-likeness (QED) is 0.819. The smallest absolute Gasteiger partial charge is 0.244 e. The van der Waals surface area contributed by atoms with Gasteiger partial charge in [-0.25, -0.2) is 13.4 Å². The van der Waals surface area contributed by atoms with Crippen molar-refractivity contribution in [2.45, 2.75) is 44.2 Å². The van der Waals surface area contributed by atoms with Gasteiger partial charge in [0.15, 0.2) is 0 Å². The first kappa shape index (κ1) is 16.9. The average Bonchev–Trinajstić information content (AvgIpc) is 2.26. The number of pyridine rings is 1. The summed E-state index contributed by atoms with van der Waals surface area (Å²) in [5, 5.41) is 2.56. The molecule has 6 nitrogen and oxygen atoms in total. The van der Waals surface area contributed by atoms with E-state index in [2.05, 4.69) is 15.0 Å². The molecule has 1 atom stereocenters. The van der Waals surface area contributed by atoms with E-state index < -0.39 is 27.5 Å². The van der Waals surface area contributed by atoms with Gasteiger partial charge >= 0.3 is 0 Å². The van der Waals surface area contributed by atoms with Gasteiger partial charge in [0.05, 0.1) is 6.04 Å². The molecule has 0 saturated heterocycles. The molecular formula is C12H18ClN3O3S. The molecule has 2 N–H and O–H groups in total. The van der Waals surface area contributed by atoms with Crippen LogP contribution in [-0.2, 0) is 14.8 Å². The molecule has 20 heavy (non-hydrogen) atoms. The number of hydrogen-bond acceptors (Lipinski definition) is 4. The molecule has 1 aromatic rings. The normalized spacial score (nSPS) is 13.8. The molecule has 1 amide bonds. The molecule has 0 aliphatic rings. The summed E-state index contributed by atoms with van der Waals surface area (Å²) in [5.74, 6) is -0.416. The molecule has 1 aromatic heterocycles. The van der Waals surface area contributed by atoms with Crippen molar-refractivity contribution in [1.82, 2.24) is 15.0 Å². The number of carbonyl (C=O) groups is 1. The molecule has 0 bridgehead atoms. The van der Waals surface area contributed by atoms with Crippen LogP contribution in [0.5, 0.6) is 0 Å². The van der Waals surface area contributed by atoms with Gasteiger partial charge in [-0.1, -0.05) is 11.6 Å². The lowest BCUT2D eigenvalue weighted by atomic mass is 10.1. The second kappa shape index (κ2) is 6.07. The fraction of sp³-hybridized carbons (Fsp3) is 0.500. The van der Waals surface area contributed by atoms with Gasteiger partial charge in [-0.2, -0.15) is 4.72 Å². The minimum Gasteiger partial charge on any atom is -0.350 e. The van der Waals surface area contributed by atoms with Crippen molar-refractivity contribution in [3.63, 3.8) is 0 Å². The Morgan fingerprint density at radius 3 is 2.50 bits per heavy atom. The van der Waals surface area contributed by atoms with Crippen LogP contribution < -0.4 is 10.0 Å².